The second-order valence-corrected chi connectivity index (χ2v) is 11.2. The first-order valence-corrected chi connectivity index (χ1v) is 14.1. The molecule has 3 heterocycles. The van der Waals surface area contributed by atoms with Crippen LogP contribution in [0.3, 0.4) is 0 Å². The van der Waals surface area contributed by atoms with Crippen LogP contribution in [0.1, 0.15) is 47.8 Å². The van der Waals surface area contributed by atoms with E-state index in [2.05, 4.69) is 19.2 Å². The molecule has 2 aliphatic heterocycles. The second kappa shape index (κ2) is 12.6. The van der Waals surface area contributed by atoms with Crippen LogP contribution in [0, 0.1) is 5.92 Å². The van der Waals surface area contributed by atoms with Crippen LogP contribution in [-0.2, 0) is 32.0 Å². The highest BCUT2D eigenvalue weighted by Crippen LogP contribution is 2.34. The van der Waals surface area contributed by atoms with E-state index in [0.29, 0.717) is 42.5 Å². The molecule has 2 aromatic carbocycles. The predicted octanol–water partition coefficient (Wildman–Crippen LogP) is 4.35. The maximum Gasteiger partial charge on any atom is 0.251 e. The molecule has 1 fully saturated rings. The number of hydrogen-bond donors (Lipinski definition) is 2. The number of amides is 2. The van der Waals surface area contributed by atoms with Crippen molar-refractivity contribution in [1.82, 2.24) is 4.57 Å². The summed E-state index contributed by atoms with van der Waals surface area (Å²) in [6.45, 7) is 5.72. The lowest BCUT2D eigenvalue weighted by atomic mass is 9.89. The van der Waals surface area contributed by atoms with Gasteiger partial charge in [-0.2, -0.15) is 0 Å². The van der Waals surface area contributed by atoms with Gasteiger partial charge in [0.25, 0.3) is 5.56 Å². The number of pyridine rings is 1. The van der Waals surface area contributed by atoms with Crippen molar-refractivity contribution in [2.24, 2.45) is 11.7 Å². The first kappa shape index (κ1) is 29.0. The Morgan fingerprint density at radius 3 is 2.49 bits per heavy atom. The van der Waals surface area contributed by atoms with E-state index in [4.69, 9.17) is 31.5 Å². The van der Waals surface area contributed by atoms with Crippen LogP contribution in [0.15, 0.2) is 59.5 Å². The number of halogens is 1. The standard InChI is InChI=1S/C31H34ClN3O6/c1-18(2)28-11-20-3-6-22(32)12-25(20)26-14-29(36)35(15-21(26)16-41-28)27(13-24-17-39-9-10-40-24)31(38)34-23-7-4-19(5-8-23)30(33)37/h3-8,12,14-15,18,24,27-28H,9-11,13,16-17H2,1-2H3,(H2,33,37)(H,34,38)/t24-,27+,28+/m1/s1. The zero-order valence-corrected chi connectivity index (χ0v) is 23.9. The average molecular weight is 580 g/mol. The van der Waals surface area contributed by atoms with Gasteiger partial charge in [0.2, 0.25) is 11.8 Å². The number of hydrogen-bond acceptors (Lipinski definition) is 6. The van der Waals surface area contributed by atoms with Crippen molar-refractivity contribution in [2.75, 3.05) is 25.1 Å². The number of benzene rings is 2. The van der Waals surface area contributed by atoms with Gasteiger partial charge in [-0.05, 0) is 65.4 Å². The minimum Gasteiger partial charge on any atom is -0.376 e. The van der Waals surface area contributed by atoms with Gasteiger partial charge in [0.05, 0.1) is 38.6 Å². The number of carbonyl (C=O) groups excluding carboxylic acids is 2. The van der Waals surface area contributed by atoms with Gasteiger partial charge in [0, 0.05) is 40.5 Å². The molecule has 1 aromatic heterocycles. The van der Waals surface area contributed by atoms with Crippen molar-refractivity contribution in [3.05, 3.63) is 86.8 Å². The highest BCUT2D eigenvalue weighted by atomic mass is 35.5. The largest absolute Gasteiger partial charge is 0.376 e. The van der Waals surface area contributed by atoms with E-state index < -0.39 is 17.9 Å². The first-order valence-electron chi connectivity index (χ1n) is 13.7. The lowest BCUT2D eigenvalue weighted by Gasteiger charge is -2.30. The molecule has 5 rings (SSSR count). The number of primary amides is 1. The van der Waals surface area contributed by atoms with Gasteiger partial charge < -0.3 is 29.8 Å². The molecule has 216 valence electrons. The number of anilines is 1. The minimum absolute atomic E-state index is 0.0290. The van der Waals surface area contributed by atoms with Crippen molar-refractivity contribution in [3.63, 3.8) is 0 Å². The monoisotopic (exact) mass is 579 g/mol. The van der Waals surface area contributed by atoms with Gasteiger partial charge in [0.1, 0.15) is 6.04 Å². The molecule has 0 saturated carbocycles. The Hall–Kier alpha value is -3.50. The van der Waals surface area contributed by atoms with Gasteiger partial charge in [-0.25, -0.2) is 0 Å². The predicted molar refractivity (Wildman–Crippen MR) is 156 cm³/mol. The van der Waals surface area contributed by atoms with Gasteiger partial charge in [-0.1, -0.05) is 31.5 Å². The number of ether oxygens (including phenoxy) is 3. The Balaban J connectivity index is 1.54. The zero-order valence-electron chi connectivity index (χ0n) is 23.1. The topological polar surface area (TPSA) is 122 Å². The third-order valence-corrected chi connectivity index (χ3v) is 7.82. The van der Waals surface area contributed by atoms with E-state index in [1.54, 1.807) is 24.4 Å². The van der Waals surface area contributed by atoms with Crippen molar-refractivity contribution in [1.29, 1.82) is 0 Å². The summed E-state index contributed by atoms with van der Waals surface area (Å²) in [5.41, 5.74) is 9.26. The van der Waals surface area contributed by atoms with Crippen LogP contribution in [0.4, 0.5) is 5.69 Å². The molecule has 41 heavy (non-hydrogen) atoms. The fraction of sp³-hybridized carbons (Fsp3) is 0.387. The Labute approximate surface area is 243 Å². The Kier molecular flexibility index (Phi) is 8.89. The second-order valence-electron chi connectivity index (χ2n) is 10.8. The van der Waals surface area contributed by atoms with Gasteiger partial charge in [-0.15, -0.1) is 0 Å². The molecule has 0 aliphatic carbocycles. The summed E-state index contributed by atoms with van der Waals surface area (Å²) in [4.78, 5) is 38.9. The Morgan fingerprint density at radius 2 is 1.80 bits per heavy atom. The number of nitrogens with one attached hydrogen (secondary N) is 1. The Bertz CT molecular complexity index is 1480. The summed E-state index contributed by atoms with van der Waals surface area (Å²) in [7, 11) is 0. The van der Waals surface area contributed by atoms with Crippen LogP contribution < -0.4 is 16.6 Å². The smallest absolute Gasteiger partial charge is 0.251 e. The average Bonchev–Trinajstić information content (AvgIpc) is 2.95. The number of nitrogens with zero attached hydrogens (tertiary/aromatic N) is 1. The molecule has 3 N–H and O–H groups in total. The Morgan fingerprint density at radius 1 is 1.05 bits per heavy atom. The van der Waals surface area contributed by atoms with Gasteiger partial charge >= 0.3 is 0 Å². The highest BCUT2D eigenvalue weighted by molar-refractivity contribution is 6.30. The molecule has 1 saturated heterocycles. The van der Waals surface area contributed by atoms with Crippen LogP contribution in [0.25, 0.3) is 11.1 Å². The lowest BCUT2D eigenvalue weighted by Crippen LogP contribution is -2.39. The fourth-order valence-electron chi connectivity index (χ4n) is 5.29. The van der Waals surface area contributed by atoms with Crippen LogP contribution in [0.5, 0.6) is 0 Å². The van der Waals surface area contributed by atoms with E-state index in [9.17, 15) is 14.4 Å². The molecular formula is C31H34ClN3O6. The van der Waals surface area contributed by atoms with Crippen LogP contribution in [0.2, 0.25) is 5.02 Å². The molecule has 0 bridgehead atoms. The lowest BCUT2D eigenvalue weighted by molar-refractivity contribution is -0.124. The molecule has 0 unspecified atom stereocenters. The summed E-state index contributed by atoms with van der Waals surface area (Å²) < 4.78 is 19.2. The van der Waals surface area contributed by atoms with Gasteiger partial charge in [0.15, 0.2) is 0 Å². The number of carbonyl (C=O) groups is 2. The van der Waals surface area contributed by atoms with Crippen LogP contribution in [-0.4, -0.2) is 48.4 Å². The fourth-order valence-corrected chi connectivity index (χ4v) is 5.46. The van der Waals surface area contributed by atoms with E-state index in [1.807, 2.05) is 18.2 Å². The summed E-state index contributed by atoms with van der Waals surface area (Å²) >= 11 is 6.39. The molecule has 10 heteroatoms. The van der Waals surface area contributed by atoms with Crippen molar-refractivity contribution < 1.29 is 23.8 Å². The minimum atomic E-state index is -0.902. The molecular weight excluding hydrogens is 546 g/mol. The maximum atomic E-state index is 13.7. The van der Waals surface area contributed by atoms with Crippen molar-refractivity contribution in [3.8, 4) is 11.1 Å². The van der Waals surface area contributed by atoms with E-state index in [-0.39, 0.29) is 36.7 Å². The summed E-state index contributed by atoms with van der Waals surface area (Å²) in [6.07, 6.45) is 2.24. The SMILES string of the molecule is CC(C)[C@@H]1Cc2ccc(Cl)cc2-c2cc(=O)n([C@@H](C[C@@H]3COCCO3)C(=O)Nc3ccc(C(N)=O)cc3)cc2CO1. The molecule has 9 nitrogen and oxygen atoms in total. The summed E-state index contributed by atoms with van der Waals surface area (Å²) in [5.74, 6) is -0.690. The molecule has 2 aliphatic rings. The van der Waals surface area contributed by atoms with E-state index >= 15 is 0 Å². The quantitative estimate of drug-likeness (QED) is 0.429. The van der Waals surface area contributed by atoms with Gasteiger partial charge in [-0.3, -0.25) is 14.4 Å². The number of fused-ring (bicyclic) bond motifs is 3. The molecule has 3 aromatic rings. The normalized spacial score (nSPS) is 19.4. The number of nitrogens with two attached hydrogens (primary N) is 1. The number of aromatic nitrogens is 1. The third kappa shape index (κ3) is 6.70. The van der Waals surface area contributed by atoms with E-state index in [1.165, 1.54) is 16.7 Å². The van der Waals surface area contributed by atoms with Crippen molar-refractivity contribution in [2.45, 2.75) is 51.5 Å². The maximum absolute atomic E-state index is 13.7. The summed E-state index contributed by atoms with van der Waals surface area (Å²) in [6, 6.07) is 12.6. The summed E-state index contributed by atoms with van der Waals surface area (Å²) in [5, 5.41) is 3.45. The first-order chi connectivity index (χ1) is 19.7. The van der Waals surface area contributed by atoms with E-state index in [0.717, 1.165) is 22.3 Å². The highest BCUT2D eigenvalue weighted by Gasteiger charge is 2.30. The molecule has 0 spiro atoms. The van der Waals surface area contributed by atoms with Crippen molar-refractivity contribution >= 4 is 29.1 Å². The molecule has 2 amide bonds. The molecule has 0 radical (unpaired) electrons. The molecule has 3 atom stereocenters. The zero-order chi connectivity index (χ0) is 29.1. The third-order valence-electron chi connectivity index (χ3n) is 7.59. The van der Waals surface area contributed by atoms with Crippen LogP contribution >= 0.6 is 11.6 Å². The number of rotatable bonds is 7.